The fraction of sp³-hybridized carbons (Fsp3) is 0.143. The molecule has 2 aromatic carbocycles. The minimum atomic E-state index is -0.528. The summed E-state index contributed by atoms with van der Waals surface area (Å²) < 4.78 is 12.0. The molecule has 0 bridgehead atoms. The van der Waals surface area contributed by atoms with E-state index in [2.05, 4.69) is 25.8 Å². The van der Waals surface area contributed by atoms with Crippen molar-refractivity contribution in [1.29, 1.82) is 0 Å². The SMILES string of the molecule is COc1ccccc1NC(=O)Cc1nc(COC(=O)c2ccccc2-n2cnnn2)cs1. The number of anilines is 1. The van der Waals surface area contributed by atoms with Crippen LogP contribution in [0.25, 0.3) is 5.69 Å². The van der Waals surface area contributed by atoms with E-state index in [1.807, 2.05) is 12.1 Å². The van der Waals surface area contributed by atoms with Crippen molar-refractivity contribution < 1.29 is 19.1 Å². The number of carbonyl (C=O) groups is 2. The van der Waals surface area contributed by atoms with Crippen molar-refractivity contribution in [3.8, 4) is 11.4 Å². The predicted octanol–water partition coefficient (Wildman–Crippen LogP) is 2.67. The van der Waals surface area contributed by atoms with Crippen molar-refractivity contribution in [2.24, 2.45) is 0 Å². The zero-order chi connectivity index (χ0) is 22.3. The molecule has 0 aliphatic carbocycles. The number of thiazole rings is 1. The topological polar surface area (TPSA) is 121 Å². The first-order chi connectivity index (χ1) is 15.6. The Morgan fingerprint density at radius 2 is 1.94 bits per heavy atom. The van der Waals surface area contributed by atoms with Crippen LogP contribution in [0, 0.1) is 0 Å². The van der Waals surface area contributed by atoms with Crippen molar-refractivity contribution in [3.63, 3.8) is 0 Å². The molecule has 0 unspecified atom stereocenters. The molecule has 1 amide bonds. The third kappa shape index (κ3) is 4.95. The van der Waals surface area contributed by atoms with Gasteiger partial charge in [0.2, 0.25) is 5.91 Å². The van der Waals surface area contributed by atoms with Crippen LogP contribution in [0.1, 0.15) is 21.1 Å². The lowest BCUT2D eigenvalue weighted by molar-refractivity contribution is -0.115. The number of amides is 1. The lowest BCUT2D eigenvalue weighted by Gasteiger charge is -2.09. The molecule has 0 atom stereocenters. The highest BCUT2D eigenvalue weighted by molar-refractivity contribution is 7.09. The zero-order valence-corrected chi connectivity index (χ0v) is 17.8. The maximum absolute atomic E-state index is 12.6. The Hall–Kier alpha value is -4.12. The summed E-state index contributed by atoms with van der Waals surface area (Å²) in [6.07, 6.45) is 1.49. The fourth-order valence-electron chi connectivity index (χ4n) is 2.91. The molecule has 0 saturated carbocycles. The van der Waals surface area contributed by atoms with Crippen LogP contribution in [0.3, 0.4) is 0 Å². The number of hydrogen-bond donors (Lipinski definition) is 1. The molecular weight excluding hydrogens is 432 g/mol. The van der Waals surface area contributed by atoms with Gasteiger partial charge >= 0.3 is 5.97 Å². The van der Waals surface area contributed by atoms with Crippen LogP contribution >= 0.6 is 11.3 Å². The summed E-state index contributed by atoms with van der Waals surface area (Å²) >= 11 is 1.32. The van der Waals surface area contributed by atoms with Gasteiger partial charge in [0.1, 0.15) is 23.7 Å². The summed E-state index contributed by atoms with van der Waals surface area (Å²) in [5.41, 5.74) is 1.98. The molecule has 0 spiro atoms. The summed E-state index contributed by atoms with van der Waals surface area (Å²) in [4.78, 5) is 29.3. The minimum Gasteiger partial charge on any atom is -0.495 e. The monoisotopic (exact) mass is 450 g/mol. The molecule has 0 aliphatic heterocycles. The second-order valence-electron chi connectivity index (χ2n) is 6.51. The number of ether oxygens (including phenoxy) is 2. The van der Waals surface area contributed by atoms with Crippen LogP contribution < -0.4 is 10.1 Å². The van der Waals surface area contributed by atoms with Crippen LogP contribution in [0.2, 0.25) is 0 Å². The van der Waals surface area contributed by atoms with Gasteiger partial charge in [-0.3, -0.25) is 4.79 Å². The lowest BCUT2D eigenvalue weighted by Crippen LogP contribution is -2.15. The van der Waals surface area contributed by atoms with Gasteiger partial charge in [-0.25, -0.2) is 9.78 Å². The van der Waals surface area contributed by atoms with E-state index in [0.717, 1.165) is 0 Å². The molecule has 2 aromatic heterocycles. The highest BCUT2D eigenvalue weighted by atomic mass is 32.1. The van der Waals surface area contributed by atoms with E-state index >= 15 is 0 Å². The zero-order valence-electron chi connectivity index (χ0n) is 17.0. The minimum absolute atomic E-state index is 0.0204. The Labute approximate surface area is 186 Å². The molecule has 162 valence electrons. The van der Waals surface area contributed by atoms with Gasteiger partial charge in [-0.15, -0.1) is 16.4 Å². The maximum atomic E-state index is 12.6. The summed E-state index contributed by atoms with van der Waals surface area (Å²) in [5.74, 6) is -0.170. The molecule has 0 radical (unpaired) electrons. The molecule has 2 heterocycles. The summed E-state index contributed by atoms with van der Waals surface area (Å²) in [5, 5.41) is 16.2. The van der Waals surface area contributed by atoms with E-state index < -0.39 is 5.97 Å². The Morgan fingerprint density at radius 1 is 1.12 bits per heavy atom. The van der Waals surface area contributed by atoms with E-state index in [-0.39, 0.29) is 18.9 Å². The van der Waals surface area contributed by atoms with E-state index in [1.165, 1.54) is 22.3 Å². The molecular formula is C21H18N6O4S. The normalized spacial score (nSPS) is 10.5. The van der Waals surface area contributed by atoms with Crippen LogP contribution in [0.4, 0.5) is 5.69 Å². The molecule has 0 fully saturated rings. The second-order valence-corrected chi connectivity index (χ2v) is 7.45. The number of aromatic nitrogens is 5. The van der Waals surface area contributed by atoms with Crippen molar-refractivity contribution in [2.45, 2.75) is 13.0 Å². The average molecular weight is 450 g/mol. The van der Waals surface area contributed by atoms with Crippen LogP contribution in [-0.4, -0.2) is 44.2 Å². The van der Waals surface area contributed by atoms with Gasteiger partial charge in [-0.2, -0.15) is 4.68 Å². The van der Waals surface area contributed by atoms with E-state index in [0.29, 0.717) is 33.4 Å². The van der Waals surface area contributed by atoms with Gasteiger partial charge in [0.25, 0.3) is 0 Å². The number of carbonyl (C=O) groups excluding carboxylic acids is 2. The standard InChI is InChI=1S/C21H18N6O4S/c1-30-18-9-5-3-7-16(18)24-19(28)10-20-23-14(12-32-20)11-31-21(29)15-6-2-4-8-17(15)27-13-22-25-26-27/h2-9,12-13H,10-11H2,1H3,(H,24,28). The number of hydrogen-bond acceptors (Lipinski definition) is 9. The summed E-state index contributed by atoms with van der Waals surface area (Å²) in [6, 6.07) is 14.0. The van der Waals surface area contributed by atoms with Gasteiger partial charge in [-0.05, 0) is 34.7 Å². The quantitative estimate of drug-likeness (QED) is 0.407. The van der Waals surface area contributed by atoms with Gasteiger partial charge in [0.15, 0.2) is 0 Å². The smallest absolute Gasteiger partial charge is 0.340 e. The van der Waals surface area contributed by atoms with Crippen molar-refractivity contribution in [1.82, 2.24) is 25.2 Å². The van der Waals surface area contributed by atoms with E-state index in [4.69, 9.17) is 9.47 Å². The Bertz CT molecular complexity index is 1220. The number of methoxy groups -OCH3 is 1. The number of esters is 1. The van der Waals surface area contributed by atoms with Crippen LogP contribution in [0.5, 0.6) is 5.75 Å². The molecule has 0 saturated heterocycles. The largest absolute Gasteiger partial charge is 0.495 e. The predicted molar refractivity (Wildman–Crippen MR) is 116 cm³/mol. The molecule has 10 nitrogen and oxygen atoms in total. The third-order valence-electron chi connectivity index (χ3n) is 4.36. The van der Waals surface area contributed by atoms with Crippen molar-refractivity contribution in [2.75, 3.05) is 12.4 Å². The molecule has 0 aliphatic rings. The number of nitrogens with one attached hydrogen (secondary N) is 1. The molecule has 4 aromatic rings. The Balaban J connectivity index is 1.35. The summed E-state index contributed by atoms with van der Waals surface area (Å²) in [6.45, 7) is -0.0204. The van der Waals surface area contributed by atoms with Crippen molar-refractivity contribution >= 4 is 28.9 Å². The van der Waals surface area contributed by atoms with E-state index in [1.54, 1.807) is 48.9 Å². The number of para-hydroxylation sites is 3. The highest BCUT2D eigenvalue weighted by Gasteiger charge is 2.16. The number of rotatable bonds is 8. The molecule has 4 rings (SSSR count). The van der Waals surface area contributed by atoms with Crippen LogP contribution in [0.15, 0.2) is 60.2 Å². The van der Waals surface area contributed by atoms with Gasteiger partial charge in [0, 0.05) is 5.38 Å². The maximum Gasteiger partial charge on any atom is 0.340 e. The highest BCUT2D eigenvalue weighted by Crippen LogP contribution is 2.23. The summed E-state index contributed by atoms with van der Waals surface area (Å²) in [7, 11) is 1.54. The van der Waals surface area contributed by atoms with Gasteiger partial charge < -0.3 is 14.8 Å². The lowest BCUT2D eigenvalue weighted by atomic mass is 10.2. The Kier molecular flexibility index (Phi) is 6.46. The number of nitrogens with zero attached hydrogens (tertiary/aromatic N) is 5. The first-order valence-corrected chi connectivity index (χ1v) is 10.4. The third-order valence-corrected chi connectivity index (χ3v) is 5.26. The first kappa shape index (κ1) is 21.1. The van der Waals surface area contributed by atoms with Crippen molar-refractivity contribution in [3.05, 3.63) is 76.5 Å². The fourth-order valence-corrected chi connectivity index (χ4v) is 3.69. The number of benzene rings is 2. The molecule has 11 heteroatoms. The van der Waals surface area contributed by atoms with Crippen LogP contribution in [-0.2, 0) is 22.6 Å². The van der Waals surface area contributed by atoms with Gasteiger partial charge in [0.05, 0.1) is 36.2 Å². The van der Waals surface area contributed by atoms with Gasteiger partial charge in [-0.1, -0.05) is 24.3 Å². The molecule has 1 N–H and O–H groups in total. The Morgan fingerprint density at radius 3 is 2.75 bits per heavy atom. The molecule has 32 heavy (non-hydrogen) atoms. The van der Waals surface area contributed by atoms with E-state index in [9.17, 15) is 9.59 Å². The average Bonchev–Trinajstić information content (AvgIpc) is 3.50. The number of tetrazole rings is 1. The first-order valence-electron chi connectivity index (χ1n) is 9.49. The second kappa shape index (κ2) is 9.79.